The SMILES string of the molecule is CC1=C(C(=O)OC(C)C)[C@H](c2ccc(Cl)cc2)n2c(s/c(=C/c3ccc(Sc4nccc(C)n4)o3)c2=O)=N1. The van der Waals surface area contributed by atoms with Gasteiger partial charge in [-0.2, -0.15) is 0 Å². The van der Waals surface area contributed by atoms with Crippen molar-refractivity contribution in [3.05, 3.63) is 102 Å². The van der Waals surface area contributed by atoms with Crippen molar-refractivity contribution in [3.8, 4) is 0 Å². The molecular formula is C27H23ClN4O4S2. The summed E-state index contributed by atoms with van der Waals surface area (Å²) in [6.07, 6.45) is 3.05. The highest BCUT2D eigenvalue weighted by molar-refractivity contribution is 7.99. The van der Waals surface area contributed by atoms with E-state index in [1.54, 1.807) is 69.4 Å². The third-order valence-corrected chi connectivity index (χ3v) is 7.64. The number of furan rings is 1. The predicted molar refractivity (Wildman–Crippen MR) is 146 cm³/mol. The Labute approximate surface area is 231 Å². The molecule has 4 heterocycles. The van der Waals surface area contributed by atoms with Crippen molar-refractivity contribution in [2.75, 3.05) is 0 Å². The number of benzene rings is 1. The lowest BCUT2D eigenvalue weighted by Gasteiger charge is -2.25. The molecule has 0 bridgehead atoms. The zero-order chi connectivity index (χ0) is 27.0. The molecule has 194 valence electrons. The van der Waals surface area contributed by atoms with Crippen LogP contribution in [-0.4, -0.2) is 26.6 Å². The van der Waals surface area contributed by atoms with Crippen molar-refractivity contribution >= 4 is 46.7 Å². The Morgan fingerprint density at radius 1 is 1.18 bits per heavy atom. The number of halogens is 1. The second-order valence-corrected chi connectivity index (χ2v) is 11.2. The predicted octanol–water partition coefficient (Wildman–Crippen LogP) is 4.68. The van der Waals surface area contributed by atoms with Crippen LogP contribution in [0.5, 0.6) is 0 Å². The van der Waals surface area contributed by atoms with E-state index in [4.69, 9.17) is 20.8 Å². The van der Waals surface area contributed by atoms with E-state index in [2.05, 4.69) is 15.0 Å². The standard InChI is InChI=1S/C27H23ClN4O4S2/c1-14(2)35-25(34)22-16(4)31-27-32(23(22)17-5-7-18(28)8-6-17)24(33)20(37-27)13-19-9-10-21(36-19)38-26-29-12-11-15(3)30-26/h5-14,23H,1-4H3/b20-13+/t23-/m0/s1. The summed E-state index contributed by atoms with van der Waals surface area (Å²) in [5, 5.41) is 1.73. The minimum atomic E-state index is -0.710. The van der Waals surface area contributed by atoms with Gasteiger partial charge in [-0.1, -0.05) is 35.1 Å². The first-order chi connectivity index (χ1) is 18.2. The number of nitrogens with zero attached hydrogens (tertiary/aromatic N) is 4. The molecule has 8 nitrogen and oxygen atoms in total. The van der Waals surface area contributed by atoms with Gasteiger partial charge in [0.15, 0.2) is 15.1 Å². The van der Waals surface area contributed by atoms with Crippen LogP contribution in [0.1, 0.15) is 43.8 Å². The largest absolute Gasteiger partial charge is 0.459 e. The fourth-order valence-corrected chi connectivity index (χ4v) is 5.89. The van der Waals surface area contributed by atoms with Gasteiger partial charge in [-0.3, -0.25) is 9.36 Å². The summed E-state index contributed by atoms with van der Waals surface area (Å²) in [4.78, 5) is 40.6. The molecule has 0 N–H and O–H groups in total. The van der Waals surface area contributed by atoms with E-state index in [-0.39, 0.29) is 11.7 Å². The first kappa shape index (κ1) is 26.1. The number of hydrogen-bond donors (Lipinski definition) is 0. The lowest BCUT2D eigenvalue weighted by molar-refractivity contribution is -0.143. The number of carbonyl (C=O) groups excluding carboxylic acids is 1. The summed E-state index contributed by atoms with van der Waals surface area (Å²) >= 11 is 8.65. The summed E-state index contributed by atoms with van der Waals surface area (Å²) in [7, 11) is 0. The van der Waals surface area contributed by atoms with E-state index in [0.29, 0.717) is 41.6 Å². The number of fused-ring (bicyclic) bond motifs is 1. The molecule has 1 aliphatic rings. The maximum Gasteiger partial charge on any atom is 0.338 e. The molecule has 0 fully saturated rings. The lowest BCUT2D eigenvalue weighted by Crippen LogP contribution is -2.40. The third-order valence-electron chi connectivity index (χ3n) is 5.61. The van der Waals surface area contributed by atoms with Crippen LogP contribution in [0.15, 0.2) is 84.4 Å². The number of aryl methyl sites for hydroxylation is 1. The number of rotatable bonds is 6. The summed E-state index contributed by atoms with van der Waals surface area (Å²) in [6.45, 7) is 7.20. The Kier molecular flexibility index (Phi) is 7.38. The maximum absolute atomic E-state index is 13.7. The molecule has 0 saturated carbocycles. The third kappa shape index (κ3) is 5.38. The minimum Gasteiger partial charge on any atom is -0.459 e. The Hall–Kier alpha value is -3.47. The molecule has 5 rings (SSSR count). The van der Waals surface area contributed by atoms with Crippen LogP contribution >= 0.6 is 34.7 Å². The van der Waals surface area contributed by atoms with E-state index in [0.717, 1.165) is 11.3 Å². The topological polar surface area (TPSA) is 99.6 Å². The second kappa shape index (κ2) is 10.7. The van der Waals surface area contributed by atoms with Crippen LogP contribution < -0.4 is 14.9 Å². The zero-order valence-electron chi connectivity index (χ0n) is 21.0. The van der Waals surface area contributed by atoms with Gasteiger partial charge in [0.05, 0.1) is 27.9 Å². The van der Waals surface area contributed by atoms with Gasteiger partial charge in [-0.15, -0.1) is 0 Å². The maximum atomic E-state index is 13.7. The molecule has 4 aromatic rings. The lowest BCUT2D eigenvalue weighted by atomic mass is 9.96. The average molecular weight is 567 g/mol. The van der Waals surface area contributed by atoms with Crippen LogP contribution in [0.3, 0.4) is 0 Å². The first-order valence-corrected chi connectivity index (χ1v) is 13.8. The van der Waals surface area contributed by atoms with Crippen molar-refractivity contribution < 1.29 is 13.9 Å². The van der Waals surface area contributed by atoms with Crippen molar-refractivity contribution in [3.63, 3.8) is 0 Å². The van der Waals surface area contributed by atoms with Gasteiger partial charge < -0.3 is 9.15 Å². The Morgan fingerprint density at radius 3 is 2.66 bits per heavy atom. The summed E-state index contributed by atoms with van der Waals surface area (Å²) in [5.41, 5.74) is 2.11. The smallest absolute Gasteiger partial charge is 0.338 e. The number of ether oxygens (including phenoxy) is 1. The first-order valence-electron chi connectivity index (χ1n) is 11.8. The highest BCUT2D eigenvalue weighted by Gasteiger charge is 2.33. The number of hydrogen-bond acceptors (Lipinski definition) is 9. The molecule has 3 aromatic heterocycles. The van der Waals surface area contributed by atoms with E-state index < -0.39 is 12.0 Å². The fourth-order valence-electron chi connectivity index (χ4n) is 3.98. The zero-order valence-corrected chi connectivity index (χ0v) is 23.4. The minimum absolute atomic E-state index is 0.288. The van der Waals surface area contributed by atoms with Crippen molar-refractivity contribution in [2.24, 2.45) is 4.99 Å². The normalized spacial score (nSPS) is 15.5. The number of esters is 1. The molecule has 0 radical (unpaired) electrons. The number of thiazole rings is 1. The molecular weight excluding hydrogens is 544 g/mol. The molecule has 1 aromatic carbocycles. The van der Waals surface area contributed by atoms with E-state index in [1.165, 1.54) is 27.7 Å². The molecule has 0 spiro atoms. The van der Waals surface area contributed by atoms with Gasteiger partial charge in [0.25, 0.3) is 5.56 Å². The summed E-state index contributed by atoms with van der Waals surface area (Å²) < 4.78 is 13.4. The van der Waals surface area contributed by atoms with Crippen LogP contribution in [-0.2, 0) is 9.53 Å². The monoisotopic (exact) mass is 566 g/mol. The van der Waals surface area contributed by atoms with E-state index in [9.17, 15) is 9.59 Å². The Bertz CT molecular complexity index is 1740. The van der Waals surface area contributed by atoms with Gasteiger partial charge in [0, 0.05) is 23.0 Å². The van der Waals surface area contributed by atoms with Gasteiger partial charge in [-0.05, 0) is 75.4 Å². The van der Waals surface area contributed by atoms with Crippen molar-refractivity contribution in [2.45, 2.75) is 50.1 Å². The highest BCUT2D eigenvalue weighted by atomic mass is 35.5. The van der Waals surface area contributed by atoms with Gasteiger partial charge in [0.1, 0.15) is 5.76 Å². The van der Waals surface area contributed by atoms with Crippen LogP contribution in [0.2, 0.25) is 5.02 Å². The van der Waals surface area contributed by atoms with Crippen molar-refractivity contribution in [1.29, 1.82) is 0 Å². The molecule has 11 heteroatoms. The number of allylic oxidation sites excluding steroid dienone is 1. The van der Waals surface area contributed by atoms with Crippen molar-refractivity contribution in [1.82, 2.24) is 14.5 Å². The average Bonchev–Trinajstić information content (AvgIpc) is 3.42. The van der Waals surface area contributed by atoms with Gasteiger partial charge in [-0.25, -0.2) is 19.8 Å². The molecule has 38 heavy (non-hydrogen) atoms. The number of carbonyl (C=O) groups is 1. The Balaban J connectivity index is 1.57. The summed E-state index contributed by atoms with van der Waals surface area (Å²) in [6, 6.07) is 11.8. The molecule has 1 aliphatic heterocycles. The number of aromatic nitrogens is 3. The van der Waals surface area contributed by atoms with E-state index >= 15 is 0 Å². The van der Waals surface area contributed by atoms with Gasteiger partial charge >= 0.3 is 5.97 Å². The van der Waals surface area contributed by atoms with Crippen LogP contribution in [0, 0.1) is 6.92 Å². The second-order valence-electron chi connectivity index (χ2n) is 8.83. The fraction of sp³-hybridized carbons (Fsp3) is 0.222. The van der Waals surface area contributed by atoms with Gasteiger partial charge in [0.2, 0.25) is 0 Å². The summed E-state index contributed by atoms with van der Waals surface area (Å²) in [5.74, 6) is -0.00911. The highest BCUT2D eigenvalue weighted by Crippen LogP contribution is 2.32. The molecule has 1 atom stereocenters. The quantitative estimate of drug-likeness (QED) is 0.247. The Morgan fingerprint density at radius 2 is 1.95 bits per heavy atom. The van der Waals surface area contributed by atoms with Crippen LogP contribution in [0.4, 0.5) is 0 Å². The molecule has 0 aliphatic carbocycles. The molecule has 0 unspecified atom stereocenters. The van der Waals surface area contributed by atoms with E-state index in [1.807, 2.05) is 13.0 Å². The van der Waals surface area contributed by atoms with Crippen LogP contribution in [0.25, 0.3) is 6.08 Å². The molecule has 0 amide bonds. The molecule has 0 saturated heterocycles.